The molecule has 2 heteroatoms. The Kier molecular flexibility index (Phi) is 1.52. The third-order valence-corrected chi connectivity index (χ3v) is 4.65. The molecule has 2 nitrogen and oxygen atoms in total. The molecule has 0 N–H and O–H groups in total. The van der Waals surface area contributed by atoms with Gasteiger partial charge in [0.1, 0.15) is 12.6 Å². The van der Waals surface area contributed by atoms with Crippen molar-refractivity contribution in [1.29, 1.82) is 0 Å². The average Bonchev–Trinajstić information content (AvgIpc) is 2.16. The normalized spacial score (nSPS) is 54.6. The van der Waals surface area contributed by atoms with Crippen molar-refractivity contribution in [2.75, 3.05) is 0 Å². The summed E-state index contributed by atoms with van der Waals surface area (Å²) >= 11 is 0. The molecule has 0 aliphatic heterocycles. The molecule has 0 radical (unpaired) electrons. The molecule has 4 aliphatic rings. The van der Waals surface area contributed by atoms with Gasteiger partial charge in [-0.1, -0.05) is 0 Å². The predicted octanol–water partition coefficient (Wildman–Crippen LogP) is 1.97. The zero-order valence-electron chi connectivity index (χ0n) is 8.37. The van der Waals surface area contributed by atoms with Gasteiger partial charge in [0.15, 0.2) is 0 Å². The third kappa shape index (κ3) is 0.971. The van der Waals surface area contributed by atoms with Crippen LogP contribution in [-0.2, 0) is 9.59 Å². The second kappa shape index (κ2) is 2.47. The zero-order valence-corrected chi connectivity index (χ0v) is 8.37. The smallest absolute Gasteiger partial charge is 0.126 e. The van der Waals surface area contributed by atoms with Crippen LogP contribution in [-0.4, -0.2) is 12.6 Å². The Labute approximate surface area is 84.1 Å². The van der Waals surface area contributed by atoms with Crippen molar-refractivity contribution in [3.8, 4) is 0 Å². The molecule has 0 aromatic rings. The quantitative estimate of drug-likeness (QED) is 0.627. The van der Waals surface area contributed by atoms with Gasteiger partial charge in [0.2, 0.25) is 0 Å². The first-order chi connectivity index (χ1) is 6.69. The van der Waals surface area contributed by atoms with E-state index in [0.717, 1.165) is 44.7 Å². The molecule has 0 atom stereocenters. The van der Waals surface area contributed by atoms with Gasteiger partial charge in [-0.3, -0.25) is 0 Å². The van der Waals surface area contributed by atoms with E-state index < -0.39 is 0 Å². The van der Waals surface area contributed by atoms with Crippen LogP contribution in [0.5, 0.6) is 0 Å². The van der Waals surface area contributed by atoms with Crippen molar-refractivity contribution >= 4 is 12.6 Å². The lowest BCUT2D eigenvalue weighted by molar-refractivity contribution is -0.149. The van der Waals surface area contributed by atoms with E-state index in [0.29, 0.717) is 11.8 Å². The summed E-state index contributed by atoms with van der Waals surface area (Å²) in [6, 6.07) is 0. The van der Waals surface area contributed by atoms with E-state index in [4.69, 9.17) is 0 Å². The summed E-state index contributed by atoms with van der Waals surface area (Å²) in [5, 5.41) is 0. The fourth-order valence-corrected chi connectivity index (χ4v) is 4.68. The molecule has 0 heterocycles. The third-order valence-electron chi connectivity index (χ3n) is 4.65. The van der Waals surface area contributed by atoms with E-state index in [2.05, 4.69) is 0 Å². The van der Waals surface area contributed by atoms with Gasteiger partial charge >= 0.3 is 0 Å². The van der Waals surface area contributed by atoms with Gasteiger partial charge in [0.25, 0.3) is 0 Å². The van der Waals surface area contributed by atoms with Gasteiger partial charge < -0.3 is 9.59 Å². The maximum Gasteiger partial charge on any atom is 0.126 e. The van der Waals surface area contributed by atoms with Gasteiger partial charge in [-0.05, 0) is 50.4 Å². The number of rotatable bonds is 2. The highest BCUT2D eigenvalue weighted by molar-refractivity contribution is 5.67. The lowest BCUT2D eigenvalue weighted by atomic mass is 9.45. The van der Waals surface area contributed by atoms with Crippen LogP contribution < -0.4 is 0 Å². The lowest BCUT2D eigenvalue weighted by Gasteiger charge is -2.58. The average molecular weight is 192 g/mol. The summed E-state index contributed by atoms with van der Waals surface area (Å²) in [5.41, 5.74) is -0.212. The maximum atomic E-state index is 11.2. The molecule has 14 heavy (non-hydrogen) atoms. The van der Waals surface area contributed by atoms with E-state index in [1.165, 1.54) is 6.42 Å². The summed E-state index contributed by atoms with van der Waals surface area (Å²) in [7, 11) is 0. The van der Waals surface area contributed by atoms with E-state index in [1.54, 1.807) is 0 Å². The highest BCUT2D eigenvalue weighted by Gasteiger charge is 2.57. The minimum Gasteiger partial charge on any atom is -0.303 e. The number of carbonyl (C=O) groups is 2. The summed E-state index contributed by atoms with van der Waals surface area (Å²) < 4.78 is 0. The molecule has 76 valence electrons. The van der Waals surface area contributed by atoms with Crippen molar-refractivity contribution in [2.24, 2.45) is 22.7 Å². The van der Waals surface area contributed by atoms with Crippen LogP contribution >= 0.6 is 0 Å². The molecule has 4 aliphatic carbocycles. The van der Waals surface area contributed by atoms with Gasteiger partial charge in [0, 0.05) is 10.8 Å². The van der Waals surface area contributed by atoms with Crippen LogP contribution in [0, 0.1) is 22.7 Å². The molecule has 4 bridgehead atoms. The van der Waals surface area contributed by atoms with Crippen LogP contribution in [0.4, 0.5) is 0 Å². The summed E-state index contributed by atoms with van der Waals surface area (Å²) in [5.74, 6) is 1.32. The van der Waals surface area contributed by atoms with E-state index in [9.17, 15) is 9.59 Å². The summed E-state index contributed by atoms with van der Waals surface area (Å²) in [6.07, 6.45) is 8.66. The van der Waals surface area contributed by atoms with Gasteiger partial charge in [-0.15, -0.1) is 0 Å². The largest absolute Gasteiger partial charge is 0.303 e. The molecule has 4 rings (SSSR count). The Morgan fingerprint density at radius 1 is 0.857 bits per heavy atom. The van der Waals surface area contributed by atoms with Gasteiger partial charge in [-0.2, -0.15) is 0 Å². The number of hydrogen-bond donors (Lipinski definition) is 0. The van der Waals surface area contributed by atoms with Crippen LogP contribution in [0.25, 0.3) is 0 Å². The molecular formula is C12H16O2. The molecule has 4 saturated carbocycles. The van der Waals surface area contributed by atoms with E-state index in [-0.39, 0.29) is 10.8 Å². The van der Waals surface area contributed by atoms with Crippen LogP contribution in [0.2, 0.25) is 0 Å². The second-order valence-electron chi connectivity index (χ2n) is 5.92. The van der Waals surface area contributed by atoms with E-state index >= 15 is 0 Å². The Bertz CT molecular complexity index is 255. The van der Waals surface area contributed by atoms with Crippen LogP contribution in [0.1, 0.15) is 38.5 Å². The molecule has 0 spiro atoms. The first-order valence-electron chi connectivity index (χ1n) is 5.62. The maximum absolute atomic E-state index is 11.2. The number of carbonyl (C=O) groups excluding carboxylic acids is 2. The predicted molar refractivity (Wildman–Crippen MR) is 51.7 cm³/mol. The van der Waals surface area contributed by atoms with Gasteiger partial charge in [-0.25, -0.2) is 0 Å². The molecule has 0 saturated heterocycles. The van der Waals surface area contributed by atoms with Crippen LogP contribution in [0.3, 0.4) is 0 Å². The van der Waals surface area contributed by atoms with Gasteiger partial charge in [0.05, 0.1) is 0 Å². The molecule has 0 unspecified atom stereocenters. The number of aldehydes is 2. The summed E-state index contributed by atoms with van der Waals surface area (Å²) in [6.45, 7) is 0. The molecule has 0 aromatic carbocycles. The van der Waals surface area contributed by atoms with Crippen molar-refractivity contribution in [3.63, 3.8) is 0 Å². The minimum atomic E-state index is -0.106. The Balaban J connectivity index is 2.01. The topological polar surface area (TPSA) is 34.1 Å². The Morgan fingerprint density at radius 3 is 1.64 bits per heavy atom. The Morgan fingerprint density at radius 2 is 1.29 bits per heavy atom. The van der Waals surface area contributed by atoms with Crippen molar-refractivity contribution in [3.05, 3.63) is 0 Å². The molecular weight excluding hydrogens is 176 g/mol. The second-order valence-corrected chi connectivity index (χ2v) is 5.92. The SMILES string of the molecule is O=CC12CC3CC(C1)CC(C=O)(C3)C2. The Hall–Kier alpha value is -0.660. The lowest BCUT2D eigenvalue weighted by Crippen LogP contribution is -2.53. The first-order valence-corrected chi connectivity index (χ1v) is 5.62. The zero-order chi connectivity index (χ0) is 9.81. The van der Waals surface area contributed by atoms with Crippen molar-refractivity contribution < 1.29 is 9.59 Å². The standard InChI is InChI=1S/C12H16O2/c13-7-11-2-9-1-10(4-11)5-12(3-9,6-11)8-14/h7-10H,1-6H2. The monoisotopic (exact) mass is 192 g/mol. The fraction of sp³-hybridized carbons (Fsp3) is 0.833. The van der Waals surface area contributed by atoms with Crippen LogP contribution in [0.15, 0.2) is 0 Å². The fourth-order valence-electron chi connectivity index (χ4n) is 4.68. The molecule has 0 aromatic heterocycles. The number of hydrogen-bond acceptors (Lipinski definition) is 2. The first kappa shape index (κ1) is 8.63. The molecule has 4 fully saturated rings. The van der Waals surface area contributed by atoms with Crippen molar-refractivity contribution in [1.82, 2.24) is 0 Å². The highest BCUT2D eigenvalue weighted by atomic mass is 16.1. The minimum absolute atomic E-state index is 0.106. The summed E-state index contributed by atoms with van der Waals surface area (Å²) in [4.78, 5) is 22.4. The molecule has 0 amide bonds. The highest BCUT2D eigenvalue weighted by Crippen LogP contribution is 2.63. The van der Waals surface area contributed by atoms with Crippen molar-refractivity contribution in [2.45, 2.75) is 38.5 Å². The van der Waals surface area contributed by atoms with E-state index in [1.807, 2.05) is 0 Å².